The van der Waals surface area contributed by atoms with Gasteiger partial charge in [0.1, 0.15) is 5.75 Å². The van der Waals surface area contributed by atoms with Crippen molar-refractivity contribution in [2.24, 2.45) is 5.92 Å². The Balaban J connectivity index is 1.70. The van der Waals surface area contributed by atoms with Crippen molar-refractivity contribution in [1.82, 2.24) is 4.72 Å². The van der Waals surface area contributed by atoms with Gasteiger partial charge < -0.3 is 10.1 Å². The SMILES string of the molecule is CCCCOc1ccc(NCC2CCC(NS(=O)(=O)C(C)CC)CC2)cc1. The first kappa shape index (κ1) is 22.0. The van der Waals surface area contributed by atoms with Crippen LogP contribution in [-0.4, -0.2) is 32.9 Å². The fraction of sp³-hybridized carbons (Fsp3) is 0.714. The molecule has 2 rings (SSSR count). The number of nitrogens with one attached hydrogen (secondary N) is 2. The van der Waals surface area contributed by atoms with Gasteiger partial charge in [-0.05, 0) is 75.6 Å². The van der Waals surface area contributed by atoms with Crippen molar-refractivity contribution in [2.75, 3.05) is 18.5 Å². The molecule has 1 unspecified atom stereocenters. The van der Waals surface area contributed by atoms with E-state index in [0.717, 1.165) is 63.1 Å². The minimum Gasteiger partial charge on any atom is -0.494 e. The van der Waals surface area contributed by atoms with Gasteiger partial charge in [0.2, 0.25) is 10.0 Å². The summed E-state index contributed by atoms with van der Waals surface area (Å²) >= 11 is 0. The van der Waals surface area contributed by atoms with Crippen LogP contribution in [0.25, 0.3) is 0 Å². The van der Waals surface area contributed by atoms with E-state index in [1.165, 1.54) is 0 Å². The van der Waals surface area contributed by atoms with Crippen LogP contribution < -0.4 is 14.8 Å². The summed E-state index contributed by atoms with van der Waals surface area (Å²) in [5.41, 5.74) is 1.11. The molecular formula is C21H36N2O3S. The number of rotatable bonds is 11. The minimum absolute atomic E-state index is 0.0970. The van der Waals surface area contributed by atoms with Gasteiger partial charge in [-0.2, -0.15) is 0 Å². The van der Waals surface area contributed by atoms with Crippen LogP contribution >= 0.6 is 0 Å². The molecule has 0 aromatic heterocycles. The van der Waals surface area contributed by atoms with Gasteiger partial charge in [0, 0.05) is 18.3 Å². The van der Waals surface area contributed by atoms with Crippen molar-refractivity contribution < 1.29 is 13.2 Å². The van der Waals surface area contributed by atoms with Gasteiger partial charge in [-0.25, -0.2) is 13.1 Å². The first-order valence-electron chi connectivity index (χ1n) is 10.4. The highest BCUT2D eigenvalue weighted by Gasteiger charge is 2.27. The summed E-state index contributed by atoms with van der Waals surface area (Å²) in [6.07, 6.45) is 6.82. The van der Waals surface area contributed by atoms with Crippen molar-refractivity contribution in [2.45, 2.75) is 77.0 Å². The van der Waals surface area contributed by atoms with Crippen molar-refractivity contribution in [1.29, 1.82) is 0 Å². The topological polar surface area (TPSA) is 67.4 Å². The van der Waals surface area contributed by atoms with Gasteiger partial charge in [-0.3, -0.25) is 0 Å². The molecule has 1 aliphatic carbocycles. The monoisotopic (exact) mass is 396 g/mol. The summed E-state index contributed by atoms with van der Waals surface area (Å²) in [5.74, 6) is 1.51. The fourth-order valence-corrected chi connectivity index (χ4v) is 4.69. The second kappa shape index (κ2) is 10.9. The van der Waals surface area contributed by atoms with Crippen molar-refractivity contribution in [3.8, 4) is 5.75 Å². The van der Waals surface area contributed by atoms with Crippen molar-refractivity contribution in [3.63, 3.8) is 0 Å². The van der Waals surface area contributed by atoms with E-state index in [2.05, 4.69) is 29.1 Å². The third-order valence-electron chi connectivity index (χ3n) is 5.50. The molecule has 0 amide bonds. The van der Waals surface area contributed by atoms with Crippen molar-refractivity contribution in [3.05, 3.63) is 24.3 Å². The molecule has 1 fully saturated rings. The van der Waals surface area contributed by atoms with E-state index in [4.69, 9.17) is 4.74 Å². The molecule has 1 saturated carbocycles. The molecule has 1 atom stereocenters. The van der Waals surface area contributed by atoms with E-state index in [1.807, 2.05) is 19.1 Å². The third kappa shape index (κ3) is 7.34. The average Bonchev–Trinajstić information content (AvgIpc) is 2.67. The highest BCUT2D eigenvalue weighted by atomic mass is 32.2. The van der Waals surface area contributed by atoms with E-state index < -0.39 is 10.0 Å². The summed E-state index contributed by atoms with van der Waals surface area (Å²) in [7, 11) is -3.17. The summed E-state index contributed by atoms with van der Waals surface area (Å²) in [5, 5.41) is 3.19. The zero-order chi connectivity index (χ0) is 19.7. The van der Waals surface area contributed by atoms with Gasteiger partial charge >= 0.3 is 0 Å². The average molecular weight is 397 g/mol. The Hall–Kier alpha value is -1.27. The Morgan fingerprint density at radius 3 is 2.37 bits per heavy atom. The Bertz CT molecular complexity index is 638. The van der Waals surface area contributed by atoms with E-state index in [1.54, 1.807) is 6.92 Å². The third-order valence-corrected chi connectivity index (χ3v) is 7.55. The van der Waals surface area contributed by atoms with Crippen LogP contribution in [-0.2, 0) is 10.0 Å². The van der Waals surface area contributed by atoms with Gasteiger partial charge in [0.15, 0.2) is 0 Å². The molecule has 1 aromatic rings. The van der Waals surface area contributed by atoms with E-state index in [-0.39, 0.29) is 11.3 Å². The zero-order valence-electron chi connectivity index (χ0n) is 17.0. The van der Waals surface area contributed by atoms with Crippen LogP contribution in [0.4, 0.5) is 5.69 Å². The standard InChI is InChI=1S/C21H36N2O3S/c1-4-6-15-26-21-13-11-19(12-14-21)22-16-18-7-9-20(10-8-18)23-27(24,25)17(3)5-2/h11-14,17-18,20,22-23H,4-10,15-16H2,1-3H3. The van der Waals surface area contributed by atoms with Crippen LogP contribution in [0.3, 0.4) is 0 Å². The van der Waals surface area contributed by atoms with Crippen LogP contribution in [0.15, 0.2) is 24.3 Å². The van der Waals surface area contributed by atoms with Gasteiger partial charge in [-0.15, -0.1) is 0 Å². The number of sulfonamides is 1. The number of anilines is 1. The molecule has 5 nitrogen and oxygen atoms in total. The number of ether oxygens (including phenoxy) is 1. The number of hydrogen-bond acceptors (Lipinski definition) is 4. The first-order chi connectivity index (χ1) is 12.9. The fourth-order valence-electron chi connectivity index (χ4n) is 3.32. The Labute approximate surface area is 165 Å². The molecule has 6 heteroatoms. The summed E-state index contributed by atoms with van der Waals surface area (Å²) in [4.78, 5) is 0. The van der Waals surface area contributed by atoms with E-state index in [0.29, 0.717) is 12.3 Å². The lowest BCUT2D eigenvalue weighted by molar-refractivity contribution is 0.309. The Morgan fingerprint density at radius 2 is 1.78 bits per heavy atom. The lowest BCUT2D eigenvalue weighted by Crippen LogP contribution is -2.42. The molecule has 0 heterocycles. The van der Waals surface area contributed by atoms with E-state index in [9.17, 15) is 8.42 Å². The maximum Gasteiger partial charge on any atom is 0.214 e. The van der Waals surface area contributed by atoms with Crippen LogP contribution in [0, 0.1) is 5.92 Å². The maximum absolute atomic E-state index is 12.2. The highest BCUT2D eigenvalue weighted by molar-refractivity contribution is 7.90. The second-order valence-corrected chi connectivity index (χ2v) is 9.84. The van der Waals surface area contributed by atoms with Gasteiger partial charge in [0.05, 0.1) is 11.9 Å². The highest BCUT2D eigenvalue weighted by Crippen LogP contribution is 2.26. The lowest BCUT2D eigenvalue weighted by Gasteiger charge is -2.30. The molecule has 0 bridgehead atoms. The van der Waals surface area contributed by atoms with E-state index >= 15 is 0 Å². The molecule has 1 aliphatic rings. The van der Waals surface area contributed by atoms with Gasteiger partial charge in [-0.1, -0.05) is 20.3 Å². The molecule has 0 radical (unpaired) electrons. The van der Waals surface area contributed by atoms with Crippen LogP contribution in [0.1, 0.15) is 65.7 Å². The summed E-state index contributed by atoms with van der Waals surface area (Å²) < 4.78 is 33.0. The molecule has 0 saturated heterocycles. The van der Waals surface area contributed by atoms with Crippen molar-refractivity contribution >= 4 is 15.7 Å². The minimum atomic E-state index is -3.17. The normalized spacial score (nSPS) is 21.6. The number of unbranched alkanes of at least 4 members (excludes halogenated alkanes) is 1. The summed E-state index contributed by atoms with van der Waals surface area (Å²) in [6, 6.07) is 8.25. The Morgan fingerprint density at radius 1 is 1.11 bits per heavy atom. The second-order valence-electron chi connectivity index (χ2n) is 7.71. The molecule has 27 heavy (non-hydrogen) atoms. The molecule has 154 valence electrons. The quantitative estimate of drug-likeness (QED) is 0.538. The van der Waals surface area contributed by atoms with Crippen LogP contribution in [0.2, 0.25) is 0 Å². The first-order valence-corrected chi connectivity index (χ1v) is 12.0. The molecule has 0 aliphatic heterocycles. The molecule has 2 N–H and O–H groups in total. The molecular weight excluding hydrogens is 360 g/mol. The van der Waals surface area contributed by atoms with Gasteiger partial charge in [0.25, 0.3) is 0 Å². The number of hydrogen-bond donors (Lipinski definition) is 2. The van der Waals surface area contributed by atoms with Crippen LogP contribution in [0.5, 0.6) is 5.75 Å². The maximum atomic E-state index is 12.2. The molecule has 0 spiro atoms. The predicted molar refractivity (Wildman–Crippen MR) is 113 cm³/mol. The summed E-state index contributed by atoms with van der Waals surface area (Å²) in [6.45, 7) is 7.55. The largest absolute Gasteiger partial charge is 0.494 e. The Kier molecular flexibility index (Phi) is 8.90. The molecule has 1 aromatic carbocycles. The zero-order valence-corrected chi connectivity index (χ0v) is 17.9. The number of benzene rings is 1. The predicted octanol–water partition coefficient (Wildman–Crippen LogP) is 4.55. The smallest absolute Gasteiger partial charge is 0.214 e. The lowest BCUT2D eigenvalue weighted by atomic mass is 9.86.